The second kappa shape index (κ2) is 5.13. The first-order valence-electron chi connectivity index (χ1n) is 8.04. The van der Waals surface area contributed by atoms with Crippen LogP contribution in [-0.2, 0) is 5.41 Å². The number of imidazole rings is 1. The summed E-state index contributed by atoms with van der Waals surface area (Å²) in [5, 5.41) is 0. The monoisotopic (exact) mass is 288 g/mol. The number of hydrogen-bond acceptors (Lipinski definition) is 1. The topological polar surface area (TPSA) is 28.7 Å². The van der Waals surface area contributed by atoms with Gasteiger partial charge in [-0.15, -0.1) is 0 Å². The SMILES string of the molecule is CCC1(c2ncc[nH]2)C=CC2=C(CCC=C2)c2ccccc21. The van der Waals surface area contributed by atoms with Crippen molar-refractivity contribution in [2.75, 3.05) is 0 Å². The van der Waals surface area contributed by atoms with E-state index in [9.17, 15) is 0 Å². The standard InChI is InChI=1S/C20H20N2/c1-2-20(19-21-13-14-22-19)12-11-15-7-3-4-8-16(15)17-9-5-6-10-18(17)20/h3,5-7,9-14H,2,4,8H2,1H3,(H,21,22). The normalized spacial score (nSPS) is 23.1. The molecule has 0 saturated heterocycles. The van der Waals surface area contributed by atoms with Gasteiger partial charge in [-0.05, 0) is 41.5 Å². The van der Waals surface area contributed by atoms with E-state index in [4.69, 9.17) is 0 Å². The molecule has 0 spiro atoms. The van der Waals surface area contributed by atoms with Crippen LogP contribution in [0, 0.1) is 0 Å². The van der Waals surface area contributed by atoms with Crippen molar-refractivity contribution in [1.82, 2.24) is 9.97 Å². The van der Waals surface area contributed by atoms with Gasteiger partial charge in [0.05, 0.1) is 5.41 Å². The van der Waals surface area contributed by atoms with Crippen LogP contribution in [0.25, 0.3) is 5.57 Å². The van der Waals surface area contributed by atoms with E-state index < -0.39 is 0 Å². The fourth-order valence-electron chi connectivity index (χ4n) is 3.78. The van der Waals surface area contributed by atoms with Crippen molar-refractivity contribution >= 4 is 5.57 Å². The van der Waals surface area contributed by atoms with E-state index in [2.05, 4.69) is 65.5 Å². The van der Waals surface area contributed by atoms with Gasteiger partial charge in [0.25, 0.3) is 0 Å². The first kappa shape index (κ1) is 13.3. The molecule has 1 aromatic heterocycles. The molecule has 1 aromatic carbocycles. The minimum Gasteiger partial charge on any atom is -0.348 e. The van der Waals surface area contributed by atoms with E-state index in [1.807, 2.05) is 12.4 Å². The molecule has 4 rings (SSSR count). The third kappa shape index (κ3) is 1.83. The van der Waals surface area contributed by atoms with Crippen molar-refractivity contribution in [3.63, 3.8) is 0 Å². The maximum absolute atomic E-state index is 4.60. The lowest BCUT2D eigenvalue weighted by molar-refractivity contribution is 0.581. The van der Waals surface area contributed by atoms with Crippen molar-refractivity contribution in [1.29, 1.82) is 0 Å². The highest BCUT2D eigenvalue weighted by molar-refractivity contribution is 5.79. The first-order valence-corrected chi connectivity index (χ1v) is 8.04. The number of aromatic amines is 1. The number of H-pyrrole nitrogens is 1. The maximum Gasteiger partial charge on any atom is 0.120 e. The number of aromatic nitrogens is 2. The summed E-state index contributed by atoms with van der Waals surface area (Å²) in [7, 11) is 0. The number of hydrogen-bond donors (Lipinski definition) is 1. The molecule has 0 fully saturated rings. The Morgan fingerprint density at radius 3 is 2.95 bits per heavy atom. The van der Waals surface area contributed by atoms with E-state index in [1.54, 1.807) is 0 Å². The van der Waals surface area contributed by atoms with E-state index >= 15 is 0 Å². The van der Waals surface area contributed by atoms with Gasteiger partial charge in [-0.2, -0.15) is 0 Å². The average Bonchev–Trinajstić information content (AvgIpc) is 3.07. The van der Waals surface area contributed by atoms with Gasteiger partial charge in [-0.3, -0.25) is 0 Å². The van der Waals surface area contributed by atoms with Crippen LogP contribution >= 0.6 is 0 Å². The molecule has 2 heteroatoms. The molecule has 1 unspecified atom stereocenters. The molecule has 0 amide bonds. The van der Waals surface area contributed by atoms with Crippen LogP contribution in [0.1, 0.15) is 43.1 Å². The molecule has 2 aliphatic carbocycles. The summed E-state index contributed by atoms with van der Waals surface area (Å²) in [6.45, 7) is 2.24. The van der Waals surface area contributed by atoms with Crippen LogP contribution in [0.15, 0.2) is 66.5 Å². The minimum absolute atomic E-state index is 0.175. The number of nitrogens with zero attached hydrogens (tertiary/aromatic N) is 1. The van der Waals surface area contributed by atoms with E-state index in [0.717, 1.165) is 25.1 Å². The second-order valence-corrected chi connectivity index (χ2v) is 6.02. The quantitative estimate of drug-likeness (QED) is 0.846. The summed E-state index contributed by atoms with van der Waals surface area (Å²) < 4.78 is 0. The smallest absolute Gasteiger partial charge is 0.120 e. The Hall–Kier alpha value is -2.35. The lowest BCUT2D eigenvalue weighted by atomic mass is 9.74. The molecular formula is C20H20N2. The highest BCUT2D eigenvalue weighted by atomic mass is 14.9. The minimum atomic E-state index is -0.175. The zero-order valence-corrected chi connectivity index (χ0v) is 12.8. The van der Waals surface area contributed by atoms with E-state index in [1.165, 1.54) is 22.3 Å². The lowest BCUT2D eigenvalue weighted by Crippen LogP contribution is -2.27. The van der Waals surface area contributed by atoms with E-state index in [0.29, 0.717) is 0 Å². The highest BCUT2D eigenvalue weighted by Crippen LogP contribution is 2.44. The Morgan fingerprint density at radius 1 is 1.23 bits per heavy atom. The predicted octanol–water partition coefficient (Wildman–Crippen LogP) is 4.78. The Balaban J connectivity index is 2.02. The van der Waals surface area contributed by atoms with Crippen molar-refractivity contribution in [3.05, 3.63) is 83.5 Å². The zero-order chi connectivity index (χ0) is 15.0. The average molecular weight is 288 g/mol. The predicted molar refractivity (Wildman–Crippen MR) is 90.5 cm³/mol. The molecule has 2 aromatic rings. The Bertz CT molecular complexity index is 778. The summed E-state index contributed by atoms with van der Waals surface area (Å²) in [5.41, 5.74) is 5.39. The zero-order valence-electron chi connectivity index (χ0n) is 12.8. The van der Waals surface area contributed by atoms with Gasteiger partial charge in [-0.1, -0.05) is 55.5 Å². The molecule has 1 N–H and O–H groups in total. The van der Waals surface area contributed by atoms with Gasteiger partial charge in [0.1, 0.15) is 5.82 Å². The summed E-state index contributed by atoms with van der Waals surface area (Å²) >= 11 is 0. The Morgan fingerprint density at radius 2 is 2.14 bits per heavy atom. The summed E-state index contributed by atoms with van der Waals surface area (Å²) in [6, 6.07) is 8.82. The number of nitrogens with one attached hydrogen (secondary N) is 1. The molecule has 0 saturated carbocycles. The third-order valence-electron chi connectivity index (χ3n) is 4.97. The summed E-state index contributed by atoms with van der Waals surface area (Å²) in [4.78, 5) is 7.95. The summed E-state index contributed by atoms with van der Waals surface area (Å²) in [6.07, 6.45) is 16.2. The van der Waals surface area contributed by atoms with Crippen molar-refractivity contribution in [2.45, 2.75) is 31.6 Å². The second-order valence-electron chi connectivity index (χ2n) is 6.02. The molecular weight excluding hydrogens is 268 g/mol. The largest absolute Gasteiger partial charge is 0.348 e. The third-order valence-corrected chi connectivity index (χ3v) is 4.97. The molecule has 0 radical (unpaired) electrons. The number of allylic oxidation sites excluding steroid dienone is 6. The van der Waals surface area contributed by atoms with Crippen LogP contribution in [0.4, 0.5) is 0 Å². The van der Waals surface area contributed by atoms with Gasteiger partial charge < -0.3 is 4.98 Å². The molecule has 1 atom stereocenters. The van der Waals surface area contributed by atoms with Crippen molar-refractivity contribution in [3.8, 4) is 0 Å². The number of fused-ring (bicyclic) bond motifs is 2. The van der Waals surface area contributed by atoms with Crippen LogP contribution in [0.3, 0.4) is 0 Å². The number of rotatable bonds is 2. The molecule has 0 bridgehead atoms. The lowest BCUT2D eigenvalue weighted by Gasteiger charge is -2.30. The number of benzene rings is 1. The first-order chi connectivity index (χ1) is 10.8. The van der Waals surface area contributed by atoms with Gasteiger partial charge in [-0.25, -0.2) is 4.98 Å². The van der Waals surface area contributed by atoms with Gasteiger partial charge in [0.15, 0.2) is 0 Å². The van der Waals surface area contributed by atoms with Gasteiger partial charge in [0.2, 0.25) is 0 Å². The van der Waals surface area contributed by atoms with Crippen LogP contribution in [0.5, 0.6) is 0 Å². The maximum atomic E-state index is 4.60. The summed E-state index contributed by atoms with van der Waals surface area (Å²) in [5.74, 6) is 1.03. The highest BCUT2D eigenvalue weighted by Gasteiger charge is 2.36. The van der Waals surface area contributed by atoms with Crippen molar-refractivity contribution < 1.29 is 0 Å². The van der Waals surface area contributed by atoms with E-state index in [-0.39, 0.29) is 5.41 Å². The molecule has 0 aliphatic heterocycles. The van der Waals surface area contributed by atoms with Gasteiger partial charge >= 0.3 is 0 Å². The molecule has 1 heterocycles. The molecule has 22 heavy (non-hydrogen) atoms. The van der Waals surface area contributed by atoms with Gasteiger partial charge in [0, 0.05) is 12.4 Å². The van der Waals surface area contributed by atoms with Crippen LogP contribution in [0.2, 0.25) is 0 Å². The van der Waals surface area contributed by atoms with Crippen LogP contribution in [-0.4, -0.2) is 9.97 Å². The fraction of sp³-hybridized carbons (Fsp3) is 0.250. The fourth-order valence-corrected chi connectivity index (χ4v) is 3.78. The molecule has 110 valence electrons. The van der Waals surface area contributed by atoms with Crippen LogP contribution < -0.4 is 0 Å². The Labute approximate surface area is 131 Å². The molecule has 2 aliphatic rings. The Kier molecular flexibility index (Phi) is 3.11. The molecule has 2 nitrogen and oxygen atoms in total. The van der Waals surface area contributed by atoms with Crippen molar-refractivity contribution in [2.24, 2.45) is 0 Å².